The van der Waals surface area contributed by atoms with Crippen LogP contribution in [-0.2, 0) is 4.79 Å². The molecule has 0 radical (unpaired) electrons. The summed E-state index contributed by atoms with van der Waals surface area (Å²) in [5.41, 5.74) is 0.988. The number of rotatable bonds is 3. The van der Waals surface area contributed by atoms with Crippen molar-refractivity contribution >= 4 is 5.91 Å². The van der Waals surface area contributed by atoms with Gasteiger partial charge < -0.3 is 10.6 Å². The zero-order valence-electron chi connectivity index (χ0n) is 9.45. The molecule has 0 spiro atoms. The summed E-state index contributed by atoms with van der Waals surface area (Å²) in [6.07, 6.45) is 0.926. The van der Waals surface area contributed by atoms with Crippen LogP contribution in [0.2, 0.25) is 0 Å². The monoisotopic (exact) mass is 234 g/mol. The van der Waals surface area contributed by atoms with E-state index in [1.54, 1.807) is 12.1 Å². The fraction of sp³-hybridized carbons (Fsp3) is 0.462. The molecule has 2 N–H and O–H groups in total. The Kier molecular flexibility index (Phi) is 2.59. The summed E-state index contributed by atoms with van der Waals surface area (Å²) in [6, 6.07) is 6.84. The standard InChI is InChI=1S/C13H15FN2O/c14-10-3-1-2-8(4-10)11-5-12(11)16-13(17)9-6-15-7-9/h1-4,9,11-12,15H,5-7H2,(H,16,17). The van der Waals surface area contributed by atoms with Crippen LogP contribution in [0, 0.1) is 11.7 Å². The van der Waals surface area contributed by atoms with Crippen molar-refractivity contribution in [1.29, 1.82) is 0 Å². The van der Waals surface area contributed by atoms with Gasteiger partial charge in [-0.1, -0.05) is 12.1 Å². The van der Waals surface area contributed by atoms with Crippen molar-refractivity contribution in [3.8, 4) is 0 Å². The molecule has 1 saturated carbocycles. The van der Waals surface area contributed by atoms with Crippen LogP contribution < -0.4 is 10.6 Å². The molecule has 0 aromatic heterocycles. The Balaban J connectivity index is 1.57. The molecule has 17 heavy (non-hydrogen) atoms. The van der Waals surface area contributed by atoms with E-state index in [1.165, 1.54) is 6.07 Å². The first-order chi connectivity index (χ1) is 8.24. The molecule has 2 unspecified atom stereocenters. The topological polar surface area (TPSA) is 41.1 Å². The van der Waals surface area contributed by atoms with Gasteiger partial charge >= 0.3 is 0 Å². The molecule has 1 aromatic carbocycles. The molecule has 1 aliphatic heterocycles. The Labute approximate surface area is 99.4 Å². The third-order valence-corrected chi connectivity index (χ3v) is 3.55. The number of hydrogen-bond acceptors (Lipinski definition) is 2. The zero-order valence-corrected chi connectivity index (χ0v) is 9.45. The molecule has 1 aromatic rings. The van der Waals surface area contributed by atoms with Crippen LogP contribution in [0.5, 0.6) is 0 Å². The fourth-order valence-electron chi connectivity index (χ4n) is 2.23. The lowest BCUT2D eigenvalue weighted by molar-refractivity contribution is -0.126. The predicted molar refractivity (Wildman–Crippen MR) is 62.0 cm³/mol. The molecule has 3 nitrogen and oxygen atoms in total. The fourth-order valence-corrected chi connectivity index (χ4v) is 2.23. The Morgan fingerprint density at radius 3 is 2.88 bits per heavy atom. The average Bonchev–Trinajstić information content (AvgIpc) is 2.94. The Morgan fingerprint density at radius 1 is 1.41 bits per heavy atom. The summed E-state index contributed by atoms with van der Waals surface area (Å²) in [7, 11) is 0. The van der Waals surface area contributed by atoms with Crippen molar-refractivity contribution in [1.82, 2.24) is 10.6 Å². The predicted octanol–water partition coefficient (Wildman–Crippen LogP) is 1.02. The number of amides is 1. The molecule has 4 heteroatoms. The highest BCUT2D eigenvalue weighted by atomic mass is 19.1. The number of carbonyl (C=O) groups excluding carboxylic acids is 1. The van der Waals surface area contributed by atoms with Gasteiger partial charge in [-0.25, -0.2) is 4.39 Å². The van der Waals surface area contributed by atoms with Crippen molar-refractivity contribution in [3.63, 3.8) is 0 Å². The van der Waals surface area contributed by atoms with Crippen LogP contribution >= 0.6 is 0 Å². The molecule has 3 rings (SSSR count). The molecule has 1 heterocycles. The van der Waals surface area contributed by atoms with E-state index < -0.39 is 0 Å². The molecule has 1 amide bonds. The second kappa shape index (κ2) is 4.11. The summed E-state index contributed by atoms with van der Waals surface area (Å²) in [5, 5.41) is 6.10. The van der Waals surface area contributed by atoms with Gasteiger partial charge in [-0.2, -0.15) is 0 Å². The van der Waals surface area contributed by atoms with Crippen molar-refractivity contribution < 1.29 is 9.18 Å². The SMILES string of the molecule is O=C(NC1CC1c1cccc(F)c1)C1CNC1. The number of halogens is 1. The van der Waals surface area contributed by atoms with Crippen molar-refractivity contribution in [2.75, 3.05) is 13.1 Å². The third-order valence-electron chi connectivity index (χ3n) is 3.55. The van der Waals surface area contributed by atoms with Gasteiger partial charge in [0.05, 0.1) is 5.92 Å². The molecule has 1 saturated heterocycles. The smallest absolute Gasteiger partial charge is 0.225 e. The summed E-state index contributed by atoms with van der Waals surface area (Å²) < 4.78 is 13.0. The minimum Gasteiger partial charge on any atom is -0.352 e. The van der Waals surface area contributed by atoms with E-state index in [2.05, 4.69) is 10.6 Å². The van der Waals surface area contributed by atoms with E-state index >= 15 is 0 Å². The molecule has 0 bridgehead atoms. The first kappa shape index (κ1) is 10.7. The largest absolute Gasteiger partial charge is 0.352 e. The highest BCUT2D eigenvalue weighted by Crippen LogP contribution is 2.41. The van der Waals surface area contributed by atoms with Crippen molar-refractivity contribution in [2.45, 2.75) is 18.4 Å². The lowest BCUT2D eigenvalue weighted by Gasteiger charge is -2.25. The summed E-state index contributed by atoms with van der Waals surface area (Å²) >= 11 is 0. The molecule has 2 fully saturated rings. The maximum absolute atomic E-state index is 13.0. The quantitative estimate of drug-likeness (QED) is 0.819. The van der Waals surface area contributed by atoms with Crippen LogP contribution in [0.1, 0.15) is 17.9 Å². The minimum absolute atomic E-state index is 0.128. The van der Waals surface area contributed by atoms with Crippen molar-refractivity contribution in [3.05, 3.63) is 35.6 Å². The molecule has 90 valence electrons. The minimum atomic E-state index is -0.206. The summed E-state index contributed by atoms with van der Waals surface area (Å²) in [6.45, 7) is 1.56. The Hall–Kier alpha value is -1.42. The number of hydrogen-bond donors (Lipinski definition) is 2. The van der Waals surface area contributed by atoms with Gasteiger partial charge in [-0.05, 0) is 24.1 Å². The molecular formula is C13H15FN2O. The maximum atomic E-state index is 13.0. The molecular weight excluding hydrogens is 219 g/mol. The van der Waals surface area contributed by atoms with Crippen LogP contribution in [0.25, 0.3) is 0 Å². The number of nitrogens with one attached hydrogen (secondary N) is 2. The second-order valence-corrected chi connectivity index (χ2v) is 4.87. The highest BCUT2D eigenvalue weighted by molar-refractivity contribution is 5.80. The van der Waals surface area contributed by atoms with Crippen LogP contribution in [0.3, 0.4) is 0 Å². The van der Waals surface area contributed by atoms with Crippen molar-refractivity contribution in [2.24, 2.45) is 5.92 Å². The van der Waals surface area contributed by atoms with E-state index in [1.807, 2.05) is 6.07 Å². The molecule has 2 aliphatic rings. The van der Waals surface area contributed by atoms with E-state index in [0.717, 1.165) is 25.1 Å². The summed E-state index contributed by atoms with van der Waals surface area (Å²) in [4.78, 5) is 11.7. The van der Waals surface area contributed by atoms with Gasteiger partial charge in [-0.3, -0.25) is 4.79 Å². The van der Waals surface area contributed by atoms with E-state index in [-0.39, 0.29) is 23.7 Å². The van der Waals surface area contributed by atoms with E-state index in [9.17, 15) is 9.18 Å². The van der Waals surface area contributed by atoms with E-state index in [0.29, 0.717) is 5.92 Å². The van der Waals surface area contributed by atoms with E-state index in [4.69, 9.17) is 0 Å². The van der Waals surface area contributed by atoms with Gasteiger partial charge in [0.2, 0.25) is 5.91 Å². The highest BCUT2D eigenvalue weighted by Gasteiger charge is 2.41. The molecule has 2 atom stereocenters. The first-order valence-corrected chi connectivity index (χ1v) is 6.00. The molecule has 1 aliphatic carbocycles. The van der Waals surface area contributed by atoms with Gasteiger partial charge in [0.1, 0.15) is 5.82 Å². The van der Waals surface area contributed by atoms with Gasteiger partial charge in [0, 0.05) is 25.0 Å². The van der Waals surface area contributed by atoms with Gasteiger partial charge in [0.25, 0.3) is 0 Å². The average molecular weight is 234 g/mol. The normalized spacial score (nSPS) is 27.4. The van der Waals surface area contributed by atoms with Crippen LogP contribution in [0.4, 0.5) is 4.39 Å². The van der Waals surface area contributed by atoms with Gasteiger partial charge in [-0.15, -0.1) is 0 Å². The maximum Gasteiger partial charge on any atom is 0.225 e. The van der Waals surface area contributed by atoms with Gasteiger partial charge in [0.15, 0.2) is 0 Å². The zero-order chi connectivity index (χ0) is 11.8. The third kappa shape index (κ3) is 2.17. The second-order valence-electron chi connectivity index (χ2n) is 4.87. The Bertz CT molecular complexity index is 445. The Morgan fingerprint density at radius 2 is 2.24 bits per heavy atom. The van der Waals surface area contributed by atoms with Crippen LogP contribution in [0.15, 0.2) is 24.3 Å². The summed E-state index contributed by atoms with van der Waals surface area (Å²) in [5.74, 6) is 0.349. The number of carbonyl (C=O) groups is 1. The lowest BCUT2D eigenvalue weighted by atomic mass is 10.0. The lowest BCUT2D eigenvalue weighted by Crippen LogP contribution is -2.51. The number of benzene rings is 1. The first-order valence-electron chi connectivity index (χ1n) is 6.00. The van der Waals surface area contributed by atoms with Crippen LogP contribution in [-0.4, -0.2) is 25.0 Å².